The van der Waals surface area contributed by atoms with Crippen LogP contribution in [0.1, 0.15) is 38.5 Å². The normalized spacial score (nSPS) is 38.8. The summed E-state index contributed by atoms with van der Waals surface area (Å²) in [6, 6.07) is 0. The summed E-state index contributed by atoms with van der Waals surface area (Å²) in [5.41, 5.74) is 6.35. The average Bonchev–Trinajstić information content (AvgIpc) is 2.55. The zero-order valence-electron chi connectivity index (χ0n) is 7.72. The van der Waals surface area contributed by atoms with E-state index in [4.69, 9.17) is 10.5 Å². The van der Waals surface area contributed by atoms with Gasteiger partial charge in [0.25, 0.3) is 0 Å². The second kappa shape index (κ2) is 3.35. The second-order valence-electron chi connectivity index (χ2n) is 4.37. The Morgan fingerprint density at radius 2 is 1.92 bits per heavy atom. The molecular weight excluding hydrogens is 150 g/mol. The molecule has 2 nitrogen and oxygen atoms in total. The van der Waals surface area contributed by atoms with Crippen molar-refractivity contribution < 1.29 is 4.74 Å². The molecule has 0 aromatic carbocycles. The molecule has 2 rings (SSSR count). The topological polar surface area (TPSA) is 35.2 Å². The summed E-state index contributed by atoms with van der Waals surface area (Å²) in [5.74, 6) is 0.744. The molecule has 1 saturated carbocycles. The zero-order valence-corrected chi connectivity index (χ0v) is 7.72. The van der Waals surface area contributed by atoms with Crippen molar-refractivity contribution in [2.45, 2.75) is 44.1 Å². The third-order valence-corrected chi connectivity index (χ3v) is 3.50. The van der Waals surface area contributed by atoms with Gasteiger partial charge in [-0.3, -0.25) is 0 Å². The summed E-state index contributed by atoms with van der Waals surface area (Å²) in [5, 5.41) is 0. The molecule has 0 aromatic rings. The Balaban J connectivity index is 1.96. The van der Waals surface area contributed by atoms with Gasteiger partial charge < -0.3 is 10.5 Å². The summed E-state index contributed by atoms with van der Waals surface area (Å²) in [6.45, 7) is 1.69. The monoisotopic (exact) mass is 169 g/mol. The molecule has 1 aliphatic heterocycles. The van der Waals surface area contributed by atoms with Crippen LogP contribution in [0.5, 0.6) is 0 Å². The van der Waals surface area contributed by atoms with Crippen molar-refractivity contribution in [2.75, 3.05) is 13.2 Å². The Hall–Kier alpha value is -0.0800. The third kappa shape index (κ3) is 1.50. The highest BCUT2D eigenvalue weighted by molar-refractivity contribution is 4.95. The number of hydrogen-bond donors (Lipinski definition) is 1. The highest BCUT2D eigenvalue weighted by atomic mass is 16.5. The Bertz CT molecular complexity index is 146. The molecule has 1 unspecified atom stereocenters. The lowest BCUT2D eigenvalue weighted by atomic mass is 9.75. The van der Waals surface area contributed by atoms with Crippen molar-refractivity contribution in [3.05, 3.63) is 0 Å². The zero-order chi connectivity index (χ0) is 8.44. The van der Waals surface area contributed by atoms with Gasteiger partial charge in [-0.2, -0.15) is 0 Å². The SMILES string of the molecule is NC1(C2CCCCC2)CCOC1. The fourth-order valence-corrected chi connectivity index (χ4v) is 2.60. The van der Waals surface area contributed by atoms with Crippen molar-refractivity contribution in [1.29, 1.82) is 0 Å². The molecule has 1 saturated heterocycles. The van der Waals surface area contributed by atoms with Gasteiger partial charge in [-0.1, -0.05) is 19.3 Å². The number of ether oxygens (including phenoxy) is 1. The van der Waals surface area contributed by atoms with Gasteiger partial charge in [-0.25, -0.2) is 0 Å². The standard InChI is InChI=1S/C10H19NO/c11-10(6-7-12-8-10)9-4-2-1-3-5-9/h9H,1-8,11H2. The van der Waals surface area contributed by atoms with Crippen molar-refractivity contribution in [3.63, 3.8) is 0 Å². The molecule has 0 aromatic heterocycles. The van der Waals surface area contributed by atoms with Crippen LogP contribution in [0.3, 0.4) is 0 Å². The third-order valence-electron chi connectivity index (χ3n) is 3.50. The number of rotatable bonds is 1. The summed E-state index contributed by atoms with van der Waals surface area (Å²) in [4.78, 5) is 0. The minimum Gasteiger partial charge on any atom is -0.379 e. The van der Waals surface area contributed by atoms with Gasteiger partial charge in [0.2, 0.25) is 0 Å². The fourth-order valence-electron chi connectivity index (χ4n) is 2.60. The van der Waals surface area contributed by atoms with E-state index in [1.165, 1.54) is 32.1 Å². The summed E-state index contributed by atoms with van der Waals surface area (Å²) in [6.07, 6.45) is 7.91. The maximum atomic E-state index is 6.31. The van der Waals surface area contributed by atoms with Gasteiger partial charge in [0, 0.05) is 12.1 Å². The highest BCUT2D eigenvalue weighted by Gasteiger charge is 2.38. The van der Waals surface area contributed by atoms with E-state index >= 15 is 0 Å². The van der Waals surface area contributed by atoms with Gasteiger partial charge in [-0.15, -0.1) is 0 Å². The van der Waals surface area contributed by atoms with Crippen molar-refractivity contribution >= 4 is 0 Å². The highest BCUT2D eigenvalue weighted by Crippen LogP contribution is 2.35. The molecule has 2 heteroatoms. The molecule has 0 bridgehead atoms. The maximum Gasteiger partial charge on any atom is 0.0649 e. The Morgan fingerprint density at radius 1 is 1.17 bits per heavy atom. The largest absolute Gasteiger partial charge is 0.379 e. The number of hydrogen-bond acceptors (Lipinski definition) is 2. The van der Waals surface area contributed by atoms with Gasteiger partial charge in [0.15, 0.2) is 0 Å². The van der Waals surface area contributed by atoms with Gasteiger partial charge >= 0.3 is 0 Å². The molecule has 2 N–H and O–H groups in total. The fraction of sp³-hybridized carbons (Fsp3) is 1.00. The maximum absolute atomic E-state index is 6.31. The van der Waals surface area contributed by atoms with E-state index in [2.05, 4.69) is 0 Å². The molecular formula is C10H19NO. The van der Waals surface area contributed by atoms with Crippen molar-refractivity contribution in [2.24, 2.45) is 11.7 Å². The van der Waals surface area contributed by atoms with Crippen LogP contribution in [0.15, 0.2) is 0 Å². The number of nitrogens with two attached hydrogens (primary N) is 1. The molecule has 2 fully saturated rings. The van der Waals surface area contributed by atoms with Crippen LogP contribution in [0.2, 0.25) is 0 Å². The minimum absolute atomic E-state index is 0.0421. The quantitative estimate of drug-likeness (QED) is 0.648. The van der Waals surface area contributed by atoms with Crippen LogP contribution >= 0.6 is 0 Å². The second-order valence-corrected chi connectivity index (χ2v) is 4.37. The summed E-state index contributed by atoms with van der Waals surface area (Å²) >= 11 is 0. The van der Waals surface area contributed by atoms with E-state index in [1.54, 1.807) is 0 Å². The lowest BCUT2D eigenvalue weighted by Crippen LogP contribution is -2.48. The molecule has 0 radical (unpaired) electrons. The Morgan fingerprint density at radius 3 is 2.50 bits per heavy atom. The van der Waals surface area contributed by atoms with E-state index < -0.39 is 0 Å². The molecule has 12 heavy (non-hydrogen) atoms. The first-order valence-electron chi connectivity index (χ1n) is 5.18. The first-order chi connectivity index (χ1) is 5.81. The smallest absolute Gasteiger partial charge is 0.0649 e. The van der Waals surface area contributed by atoms with E-state index in [0.29, 0.717) is 0 Å². The van der Waals surface area contributed by atoms with E-state index in [9.17, 15) is 0 Å². The van der Waals surface area contributed by atoms with Gasteiger partial charge in [0.05, 0.1) is 6.61 Å². The van der Waals surface area contributed by atoms with Crippen LogP contribution < -0.4 is 5.73 Å². The van der Waals surface area contributed by atoms with Crippen LogP contribution in [0.4, 0.5) is 0 Å². The van der Waals surface area contributed by atoms with E-state index in [-0.39, 0.29) is 5.54 Å². The summed E-state index contributed by atoms with van der Waals surface area (Å²) in [7, 11) is 0. The molecule has 2 aliphatic rings. The lowest BCUT2D eigenvalue weighted by molar-refractivity contribution is 0.141. The molecule has 1 heterocycles. The van der Waals surface area contributed by atoms with Gasteiger partial charge in [-0.05, 0) is 25.2 Å². The van der Waals surface area contributed by atoms with Gasteiger partial charge in [0.1, 0.15) is 0 Å². The van der Waals surface area contributed by atoms with Crippen molar-refractivity contribution in [1.82, 2.24) is 0 Å². The first kappa shape index (κ1) is 8.52. The molecule has 0 amide bonds. The lowest BCUT2D eigenvalue weighted by Gasteiger charge is -2.35. The van der Waals surface area contributed by atoms with Crippen molar-refractivity contribution in [3.8, 4) is 0 Å². The molecule has 1 aliphatic carbocycles. The summed E-state index contributed by atoms with van der Waals surface area (Å²) < 4.78 is 5.39. The van der Waals surface area contributed by atoms with E-state index in [1.807, 2.05) is 0 Å². The predicted octanol–water partition coefficient (Wildman–Crippen LogP) is 1.68. The Labute approximate surface area is 74.5 Å². The first-order valence-corrected chi connectivity index (χ1v) is 5.18. The van der Waals surface area contributed by atoms with Crippen LogP contribution in [0, 0.1) is 5.92 Å². The average molecular weight is 169 g/mol. The van der Waals surface area contributed by atoms with Crippen LogP contribution in [-0.4, -0.2) is 18.8 Å². The van der Waals surface area contributed by atoms with Crippen LogP contribution in [0.25, 0.3) is 0 Å². The van der Waals surface area contributed by atoms with Crippen LogP contribution in [-0.2, 0) is 4.74 Å². The Kier molecular flexibility index (Phi) is 2.37. The molecule has 70 valence electrons. The molecule has 0 spiro atoms. The van der Waals surface area contributed by atoms with E-state index in [0.717, 1.165) is 25.6 Å². The molecule has 1 atom stereocenters. The minimum atomic E-state index is 0.0421. The predicted molar refractivity (Wildman–Crippen MR) is 48.9 cm³/mol.